The lowest BCUT2D eigenvalue weighted by atomic mass is 9.87. The number of carbonyl (C=O) groups excluding carboxylic acids is 1. The highest BCUT2D eigenvalue weighted by Gasteiger charge is 2.34. The zero-order valence-corrected chi connectivity index (χ0v) is 15.8. The number of carbonyl (C=O) groups is 2. The van der Waals surface area contributed by atoms with Crippen LogP contribution in [0, 0.1) is 11.8 Å². The molecule has 1 N–H and O–H groups in total. The highest BCUT2D eigenvalue weighted by Crippen LogP contribution is 2.26. The van der Waals surface area contributed by atoms with Gasteiger partial charge in [0.1, 0.15) is 5.75 Å². The number of hydrogen-bond acceptors (Lipinski definition) is 3. The molecule has 5 heteroatoms. The normalized spacial score (nSPS) is 22.4. The van der Waals surface area contributed by atoms with Gasteiger partial charge in [0.05, 0.1) is 5.92 Å². The van der Waals surface area contributed by atoms with Crippen molar-refractivity contribution in [2.75, 3.05) is 13.1 Å². The van der Waals surface area contributed by atoms with Crippen LogP contribution < -0.4 is 4.74 Å². The number of piperidine rings is 1. The first-order valence-corrected chi connectivity index (χ1v) is 8.88. The molecule has 0 saturated carbocycles. The second-order valence-corrected chi connectivity index (χ2v) is 8.03. The Bertz CT molecular complexity index is 618. The van der Waals surface area contributed by atoms with Gasteiger partial charge in [-0.3, -0.25) is 9.59 Å². The summed E-state index contributed by atoms with van der Waals surface area (Å²) in [5.41, 5.74) is 1.29. The molecule has 1 heterocycles. The van der Waals surface area contributed by atoms with Crippen LogP contribution in [0.25, 0.3) is 0 Å². The molecule has 1 aliphatic rings. The summed E-state index contributed by atoms with van der Waals surface area (Å²) in [5.74, 6) is -0.612. The van der Waals surface area contributed by atoms with Gasteiger partial charge in [-0.15, -0.1) is 0 Å². The number of carboxylic acids is 1. The summed E-state index contributed by atoms with van der Waals surface area (Å²) in [4.78, 5) is 25.5. The molecule has 1 saturated heterocycles. The van der Waals surface area contributed by atoms with E-state index >= 15 is 0 Å². The number of rotatable bonds is 4. The zero-order valence-electron chi connectivity index (χ0n) is 15.8. The summed E-state index contributed by atoms with van der Waals surface area (Å²) in [6.45, 7) is 11.0. The Morgan fingerprint density at radius 1 is 1.24 bits per heavy atom. The topological polar surface area (TPSA) is 66.8 Å². The van der Waals surface area contributed by atoms with E-state index in [2.05, 4.69) is 20.8 Å². The van der Waals surface area contributed by atoms with Crippen molar-refractivity contribution < 1.29 is 19.4 Å². The van der Waals surface area contributed by atoms with E-state index in [4.69, 9.17) is 4.74 Å². The van der Waals surface area contributed by atoms with Crippen molar-refractivity contribution in [1.82, 2.24) is 4.90 Å². The van der Waals surface area contributed by atoms with Gasteiger partial charge in [-0.25, -0.2) is 0 Å². The van der Waals surface area contributed by atoms with Gasteiger partial charge in [0, 0.05) is 13.1 Å². The van der Waals surface area contributed by atoms with E-state index in [-0.39, 0.29) is 23.2 Å². The molecule has 5 nitrogen and oxygen atoms in total. The second-order valence-electron chi connectivity index (χ2n) is 8.03. The van der Waals surface area contributed by atoms with Gasteiger partial charge < -0.3 is 14.7 Å². The Morgan fingerprint density at radius 3 is 2.32 bits per heavy atom. The maximum atomic E-state index is 12.6. The van der Waals surface area contributed by atoms with Crippen molar-refractivity contribution >= 4 is 11.9 Å². The van der Waals surface area contributed by atoms with Gasteiger partial charge in [0.2, 0.25) is 0 Å². The summed E-state index contributed by atoms with van der Waals surface area (Å²) in [6.07, 6.45) is -0.0936. The van der Waals surface area contributed by atoms with Gasteiger partial charge >= 0.3 is 5.97 Å². The minimum absolute atomic E-state index is 0.0477. The maximum Gasteiger partial charge on any atom is 0.306 e. The number of benzene rings is 1. The fourth-order valence-corrected chi connectivity index (χ4v) is 3.26. The summed E-state index contributed by atoms with van der Waals surface area (Å²) < 4.78 is 5.80. The van der Waals surface area contributed by atoms with Crippen molar-refractivity contribution in [1.29, 1.82) is 0 Å². The summed E-state index contributed by atoms with van der Waals surface area (Å²) in [6, 6.07) is 7.83. The average molecular weight is 347 g/mol. The lowest BCUT2D eigenvalue weighted by Gasteiger charge is -2.36. The molecular formula is C20H29NO4. The van der Waals surface area contributed by atoms with E-state index in [9.17, 15) is 14.7 Å². The van der Waals surface area contributed by atoms with Crippen molar-refractivity contribution in [3.8, 4) is 5.75 Å². The molecule has 0 bridgehead atoms. The SMILES string of the molecule is CC(Oc1ccc(C(C)(C)C)cc1)C(=O)N1CCC(C(=O)O)C(C)C1. The molecular weight excluding hydrogens is 318 g/mol. The highest BCUT2D eigenvalue weighted by molar-refractivity contribution is 5.81. The first-order valence-electron chi connectivity index (χ1n) is 8.88. The number of ether oxygens (including phenoxy) is 1. The summed E-state index contributed by atoms with van der Waals surface area (Å²) in [5, 5.41) is 9.19. The molecule has 1 aromatic rings. The molecule has 0 aliphatic carbocycles. The third-order valence-electron chi connectivity index (χ3n) is 4.92. The van der Waals surface area contributed by atoms with Gasteiger partial charge in [0.25, 0.3) is 5.91 Å². The first-order chi connectivity index (χ1) is 11.6. The van der Waals surface area contributed by atoms with Crippen LogP contribution in [0.4, 0.5) is 0 Å². The fraction of sp³-hybridized carbons (Fsp3) is 0.600. The van der Waals surface area contributed by atoms with E-state index < -0.39 is 12.1 Å². The third kappa shape index (κ3) is 4.74. The smallest absolute Gasteiger partial charge is 0.306 e. The first kappa shape index (κ1) is 19.3. The zero-order chi connectivity index (χ0) is 18.8. The number of likely N-dealkylation sites (tertiary alicyclic amines) is 1. The number of aliphatic carboxylic acids is 1. The quantitative estimate of drug-likeness (QED) is 0.907. The van der Waals surface area contributed by atoms with E-state index in [0.717, 1.165) is 0 Å². The summed E-state index contributed by atoms with van der Waals surface area (Å²) >= 11 is 0. The van der Waals surface area contributed by atoms with E-state index in [1.807, 2.05) is 31.2 Å². The minimum atomic E-state index is -0.775. The molecule has 3 unspecified atom stereocenters. The Hall–Kier alpha value is -2.04. The number of hydrogen-bond donors (Lipinski definition) is 1. The van der Waals surface area contributed by atoms with Crippen LogP contribution in [0.2, 0.25) is 0 Å². The van der Waals surface area contributed by atoms with Crippen LogP contribution in [-0.2, 0) is 15.0 Å². The molecule has 25 heavy (non-hydrogen) atoms. The number of amides is 1. The lowest BCUT2D eigenvalue weighted by molar-refractivity contribution is -0.150. The van der Waals surface area contributed by atoms with Crippen molar-refractivity contribution in [3.05, 3.63) is 29.8 Å². The van der Waals surface area contributed by atoms with Gasteiger partial charge in [-0.1, -0.05) is 39.8 Å². The largest absolute Gasteiger partial charge is 0.481 e. The number of nitrogens with zero attached hydrogens (tertiary/aromatic N) is 1. The van der Waals surface area contributed by atoms with Crippen molar-refractivity contribution in [3.63, 3.8) is 0 Å². The third-order valence-corrected chi connectivity index (χ3v) is 4.92. The molecule has 1 aromatic carbocycles. The van der Waals surface area contributed by atoms with Crippen LogP contribution in [0.5, 0.6) is 5.75 Å². The molecule has 1 aliphatic heterocycles. The van der Waals surface area contributed by atoms with Gasteiger partial charge in [0.15, 0.2) is 6.10 Å². The van der Waals surface area contributed by atoms with Crippen LogP contribution in [0.1, 0.15) is 46.6 Å². The molecule has 2 rings (SSSR count). The Balaban J connectivity index is 1.95. The summed E-state index contributed by atoms with van der Waals surface area (Å²) in [7, 11) is 0. The van der Waals surface area contributed by atoms with E-state index in [1.165, 1.54) is 5.56 Å². The predicted octanol–water partition coefficient (Wildman–Crippen LogP) is 3.32. The van der Waals surface area contributed by atoms with Crippen LogP contribution in [0.15, 0.2) is 24.3 Å². The molecule has 138 valence electrons. The average Bonchev–Trinajstić information content (AvgIpc) is 2.53. The molecule has 3 atom stereocenters. The van der Waals surface area contributed by atoms with E-state index in [0.29, 0.717) is 25.3 Å². The van der Waals surface area contributed by atoms with Crippen LogP contribution in [0.3, 0.4) is 0 Å². The number of carboxylic acid groups (broad SMARTS) is 1. The predicted molar refractivity (Wildman–Crippen MR) is 96.7 cm³/mol. The fourth-order valence-electron chi connectivity index (χ4n) is 3.26. The Labute approximate surface area is 150 Å². The molecule has 0 radical (unpaired) electrons. The molecule has 0 aromatic heterocycles. The van der Waals surface area contributed by atoms with E-state index in [1.54, 1.807) is 11.8 Å². The Morgan fingerprint density at radius 2 is 1.84 bits per heavy atom. The maximum absolute atomic E-state index is 12.6. The lowest BCUT2D eigenvalue weighted by Crippen LogP contribution is -2.49. The second kappa shape index (κ2) is 7.46. The van der Waals surface area contributed by atoms with Crippen molar-refractivity contribution in [2.45, 2.75) is 52.6 Å². The minimum Gasteiger partial charge on any atom is -0.481 e. The monoisotopic (exact) mass is 347 g/mol. The Kier molecular flexibility index (Phi) is 5.76. The molecule has 1 amide bonds. The van der Waals surface area contributed by atoms with Crippen LogP contribution in [-0.4, -0.2) is 41.1 Å². The molecule has 1 fully saturated rings. The standard InChI is InChI=1S/C20H29NO4/c1-13-12-21(11-10-17(13)19(23)24)18(22)14(2)25-16-8-6-15(7-9-16)20(3,4)5/h6-9,13-14,17H,10-12H2,1-5H3,(H,23,24). The molecule has 0 spiro atoms. The highest BCUT2D eigenvalue weighted by atomic mass is 16.5. The van der Waals surface area contributed by atoms with Crippen LogP contribution >= 0.6 is 0 Å². The van der Waals surface area contributed by atoms with Crippen molar-refractivity contribution in [2.24, 2.45) is 11.8 Å². The van der Waals surface area contributed by atoms with Gasteiger partial charge in [-0.05, 0) is 42.4 Å². The van der Waals surface area contributed by atoms with Gasteiger partial charge in [-0.2, -0.15) is 0 Å².